The molecular weight excluding hydrogens is 212 g/mol. The van der Waals surface area contributed by atoms with Crippen LogP contribution in [0.2, 0.25) is 0 Å². The molecule has 0 aromatic heterocycles. The van der Waals surface area contributed by atoms with Crippen LogP contribution in [0, 0.1) is 17.8 Å². The minimum absolute atomic E-state index is 0.130. The largest absolute Gasteiger partial charge is 0.352 e. The fourth-order valence-electron chi connectivity index (χ4n) is 2.42. The van der Waals surface area contributed by atoms with Crippen LogP contribution in [0.25, 0.3) is 0 Å². The van der Waals surface area contributed by atoms with Crippen LogP contribution in [0.4, 0.5) is 0 Å². The maximum atomic E-state index is 12.4. The van der Waals surface area contributed by atoms with Crippen molar-refractivity contribution in [3.8, 4) is 12.3 Å². The highest BCUT2D eigenvalue weighted by molar-refractivity contribution is 5.83. The number of piperidine rings is 1. The lowest BCUT2D eigenvalue weighted by Crippen LogP contribution is -2.49. The van der Waals surface area contributed by atoms with Gasteiger partial charge in [0.2, 0.25) is 5.91 Å². The summed E-state index contributed by atoms with van der Waals surface area (Å²) in [6.07, 6.45) is 9.61. The quantitative estimate of drug-likeness (QED) is 0.713. The molecule has 0 aromatic carbocycles. The monoisotopic (exact) mass is 236 g/mol. The molecule has 2 N–H and O–H groups in total. The molecule has 0 aromatic rings. The first-order valence-corrected chi connectivity index (χ1v) is 6.63. The fourth-order valence-corrected chi connectivity index (χ4v) is 2.42. The first-order valence-electron chi connectivity index (χ1n) is 6.63. The van der Waals surface area contributed by atoms with Crippen molar-refractivity contribution in [2.75, 3.05) is 13.1 Å². The molecule has 0 aliphatic carbocycles. The minimum Gasteiger partial charge on any atom is -0.352 e. The first kappa shape index (κ1) is 14.1. The molecule has 1 atom stereocenters. The second-order valence-electron chi connectivity index (χ2n) is 4.87. The Bertz CT molecular complexity index is 287. The summed E-state index contributed by atoms with van der Waals surface area (Å²) in [7, 11) is 0. The topological polar surface area (TPSA) is 41.1 Å². The third kappa shape index (κ3) is 3.47. The fraction of sp³-hybridized carbons (Fsp3) is 0.786. The van der Waals surface area contributed by atoms with Crippen LogP contribution in [0.3, 0.4) is 0 Å². The van der Waals surface area contributed by atoms with Crippen molar-refractivity contribution in [3.05, 3.63) is 0 Å². The molecule has 1 rings (SSSR count). The highest BCUT2D eigenvalue weighted by atomic mass is 16.2. The molecule has 3 heteroatoms. The molecule has 0 radical (unpaired) electrons. The molecule has 96 valence electrons. The van der Waals surface area contributed by atoms with Gasteiger partial charge in [0.1, 0.15) is 0 Å². The maximum Gasteiger partial charge on any atom is 0.226 e. The number of nitrogens with one attached hydrogen (secondary N) is 2. The van der Waals surface area contributed by atoms with E-state index in [1.807, 2.05) is 0 Å². The van der Waals surface area contributed by atoms with Gasteiger partial charge in [-0.3, -0.25) is 4.79 Å². The van der Waals surface area contributed by atoms with E-state index < -0.39 is 0 Å². The van der Waals surface area contributed by atoms with Crippen LogP contribution in [0.5, 0.6) is 0 Å². The van der Waals surface area contributed by atoms with Gasteiger partial charge in [-0.05, 0) is 38.8 Å². The van der Waals surface area contributed by atoms with E-state index in [1.165, 1.54) is 0 Å². The zero-order chi connectivity index (χ0) is 12.7. The number of carbonyl (C=O) groups is 1. The van der Waals surface area contributed by atoms with Crippen molar-refractivity contribution >= 4 is 5.91 Å². The van der Waals surface area contributed by atoms with E-state index in [2.05, 4.69) is 30.4 Å². The Kier molecular flexibility index (Phi) is 5.50. The molecule has 1 aliphatic rings. The standard InChI is InChI=1S/C14H24N2O/c1-4-7-12(5-2)16-13(17)14(6-3)8-10-15-11-9-14/h1,12,15H,5-11H2,2-3H3,(H,16,17). The van der Waals surface area contributed by atoms with E-state index in [4.69, 9.17) is 6.42 Å². The second-order valence-corrected chi connectivity index (χ2v) is 4.87. The van der Waals surface area contributed by atoms with Crippen molar-refractivity contribution < 1.29 is 4.79 Å². The van der Waals surface area contributed by atoms with Crippen molar-refractivity contribution in [2.45, 2.75) is 52.0 Å². The van der Waals surface area contributed by atoms with Gasteiger partial charge < -0.3 is 10.6 Å². The van der Waals surface area contributed by atoms with E-state index in [1.54, 1.807) is 0 Å². The molecule has 1 amide bonds. The normalized spacial score (nSPS) is 20.3. The lowest BCUT2D eigenvalue weighted by atomic mass is 9.75. The zero-order valence-electron chi connectivity index (χ0n) is 11.0. The highest BCUT2D eigenvalue weighted by Crippen LogP contribution is 2.32. The molecular formula is C14H24N2O. The van der Waals surface area contributed by atoms with Crippen LogP contribution in [0.1, 0.15) is 46.0 Å². The Balaban J connectivity index is 2.62. The molecule has 1 saturated heterocycles. The minimum atomic E-state index is -0.173. The van der Waals surface area contributed by atoms with Gasteiger partial charge in [-0.15, -0.1) is 12.3 Å². The van der Waals surface area contributed by atoms with Gasteiger partial charge in [-0.1, -0.05) is 13.8 Å². The van der Waals surface area contributed by atoms with Gasteiger partial charge >= 0.3 is 0 Å². The molecule has 3 nitrogen and oxygen atoms in total. The van der Waals surface area contributed by atoms with Crippen molar-refractivity contribution in [3.63, 3.8) is 0 Å². The van der Waals surface area contributed by atoms with Gasteiger partial charge in [0.05, 0.1) is 5.41 Å². The predicted molar refractivity (Wildman–Crippen MR) is 70.5 cm³/mol. The molecule has 1 aliphatic heterocycles. The molecule has 0 spiro atoms. The number of carbonyl (C=O) groups excluding carboxylic acids is 1. The van der Waals surface area contributed by atoms with E-state index in [0.717, 1.165) is 38.8 Å². The Morgan fingerprint density at radius 3 is 2.59 bits per heavy atom. The first-order chi connectivity index (χ1) is 8.18. The van der Waals surface area contributed by atoms with Crippen molar-refractivity contribution in [1.82, 2.24) is 10.6 Å². The maximum absolute atomic E-state index is 12.4. The highest BCUT2D eigenvalue weighted by Gasteiger charge is 2.38. The molecule has 0 bridgehead atoms. The summed E-state index contributed by atoms with van der Waals surface area (Å²) in [6.45, 7) is 6.04. The van der Waals surface area contributed by atoms with E-state index in [-0.39, 0.29) is 17.4 Å². The summed E-state index contributed by atoms with van der Waals surface area (Å²) in [5, 5.41) is 6.43. The Hall–Kier alpha value is -1.01. The average Bonchev–Trinajstić information content (AvgIpc) is 2.38. The van der Waals surface area contributed by atoms with Gasteiger partial charge in [0.15, 0.2) is 0 Å². The van der Waals surface area contributed by atoms with Crippen LogP contribution in [-0.4, -0.2) is 25.0 Å². The summed E-state index contributed by atoms with van der Waals surface area (Å²) in [5.41, 5.74) is -0.173. The Morgan fingerprint density at radius 2 is 2.12 bits per heavy atom. The molecule has 0 saturated carbocycles. The lowest BCUT2D eigenvalue weighted by Gasteiger charge is -2.36. The smallest absolute Gasteiger partial charge is 0.226 e. The third-order valence-electron chi connectivity index (χ3n) is 3.91. The van der Waals surface area contributed by atoms with Crippen LogP contribution >= 0.6 is 0 Å². The van der Waals surface area contributed by atoms with Gasteiger partial charge in [-0.2, -0.15) is 0 Å². The average molecular weight is 236 g/mol. The van der Waals surface area contributed by atoms with Gasteiger partial charge in [-0.25, -0.2) is 0 Å². The summed E-state index contributed by atoms with van der Waals surface area (Å²) in [5.74, 6) is 2.83. The SMILES string of the molecule is C#CCC(CC)NC(=O)C1(CC)CCNCC1. The third-order valence-corrected chi connectivity index (χ3v) is 3.91. The summed E-state index contributed by atoms with van der Waals surface area (Å²) in [4.78, 5) is 12.4. The van der Waals surface area contributed by atoms with Crippen LogP contribution in [-0.2, 0) is 4.79 Å². The summed E-state index contributed by atoms with van der Waals surface area (Å²) >= 11 is 0. The summed E-state index contributed by atoms with van der Waals surface area (Å²) in [6, 6.07) is 0.130. The Morgan fingerprint density at radius 1 is 1.47 bits per heavy atom. The van der Waals surface area contributed by atoms with E-state index in [0.29, 0.717) is 6.42 Å². The molecule has 17 heavy (non-hydrogen) atoms. The van der Waals surface area contributed by atoms with Crippen molar-refractivity contribution in [1.29, 1.82) is 0 Å². The summed E-state index contributed by atoms with van der Waals surface area (Å²) < 4.78 is 0. The molecule has 1 fully saturated rings. The number of terminal acetylenes is 1. The van der Waals surface area contributed by atoms with Crippen LogP contribution < -0.4 is 10.6 Å². The number of amides is 1. The predicted octanol–water partition coefficient (Wildman–Crippen LogP) is 1.68. The molecule has 1 unspecified atom stereocenters. The zero-order valence-corrected chi connectivity index (χ0v) is 11.0. The Labute approximate surface area is 105 Å². The van der Waals surface area contributed by atoms with E-state index in [9.17, 15) is 4.79 Å². The van der Waals surface area contributed by atoms with Gasteiger partial charge in [0.25, 0.3) is 0 Å². The lowest BCUT2D eigenvalue weighted by molar-refractivity contribution is -0.133. The second kappa shape index (κ2) is 6.66. The van der Waals surface area contributed by atoms with Crippen molar-refractivity contribution in [2.24, 2.45) is 5.41 Å². The number of hydrogen-bond donors (Lipinski definition) is 2. The van der Waals surface area contributed by atoms with Crippen LogP contribution in [0.15, 0.2) is 0 Å². The van der Waals surface area contributed by atoms with E-state index >= 15 is 0 Å². The number of hydrogen-bond acceptors (Lipinski definition) is 2. The number of rotatable bonds is 5. The van der Waals surface area contributed by atoms with Gasteiger partial charge in [0, 0.05) is 12.5 Å². The molecule has 1 heterocycles.